The fourth-order valence-electron chi connectivity index (χ4n) is 1.74. The number of hydrogen-bond donors (Lipinski definition) is 0. The molecule has 0 amide bonds. The van der Waals surface area contributed by atoms with E-state index in [1.54, 1.807) is 0 Å². The summed E-state index contributed by atoms with van der Waals surface area (Å²) in [6.45, 7) is 1.51. The van der Waals surface area contributed by atoms with Crippen LogP contribution in [0.2, 0.25) is 0 Å². The molecule has 0 aromatic heterocycles. The van der Waals surface area contributed by atoms with Crippen molar-refractivity contribution in [1.29, 1.82) is 0 Å². The number of halogens is 2. The van der Waals surface area contributed by atoms with E-state index >= 15 is 0 Å². The van der Waals surface area contributed by atoms with Crippen molar-refractivity contribution < 1.29 is 18.7 Å². The molecule has 1 aliphatic heterocycles. The largest absolute Gasteiger partial charge is 0.392 e. The monoisotopic (exact) mass is 286 g/mol. The molecule has 5 heteroatoms. The molecule has 1 aromatic carbocycles. The maximum Gasteiger partial charge on any atom is 0.324 e. The van der Waals surface area contributed by atoms with Gasteiger partial charge in [-0.15, -0.1) is 0 Å². The maximum atomic E-state index is 13.6. The first-order chi connectivity index (χ1) is 7.43. The number of carbonyl (C=O) groups excluding carboxylic acids is 2. The van der Waals surface area contributed by atoms with Gasteiger partial charge in [-0.3, -0.25) is 9.59 Å². The van der Waals surface area contributed by atoms with Crippen LogP contribution in [0.5, 0.6) is 0 Å². The van der Waals surface area contributed by atoms with E-state index in [-0.39, 0.29) is 12.0 Å². The lowest BCUT2D eigenvalue weighted by molar-refractivity contribution is -0.153. The number of carbonyl (C=O) groups is 2. The van der Waals surface area contributed by atoms with Gasteiger partial charge in [-0.05, 0) is 25.1 Å². The zero-order chi connectivity index (χ0) is 11.9. The van der Waals surface area contributed by atoms with Crippen molar-refractivity contribution in [1.82, 2.24) is 0 Å². The van der Waals surface area contributed by atoms with Crippen LogP contribution in [-0.2, 0) is 19.7 Å². The van der Waals surface area contributed by atoms with Gasteiger partial charge in [0.2, 0.25) is 0 Å². The summed E-state index contributed by atoms with van der Waals surface area (Å²) in [7, 11) is 0. The third-order valence-corrected chi connectivity index (χ3v) is 3.17. The van der Waals surface area contributed by atoms with Crippen LogP contribution >= 0.6 is 15.9 Å². The van der Waals surface area contributed by atoms with Gasteiger partial charge in [0.05, 0.1) is 6.42 Å². The molecule has 1 aromatic rings. The second kappa shape index (κ2) is 3.66. The molecular weight excluding hydrogens is 279 g/mol. The summed E-state index contributed by atoms with van der Waals surface area (Å²) in [5.74, 6) is -1.83. The highest BCUT2D eigenvalue weighted by Crippen LogP contribution is 2.37. The average molecular weight is 287 g/mol. The lowest BCUT2D eigenvalue weighted by atomic mass is 9.81. The number of ether oxygens (including phenoxy) is 1. The topological polar surface area (TPSA) is 43.4 Å². The first-order valence-corrected chi connectivity index (χ1v) is 5.43. The highest BCUT2D eigenvalue weighted by atomic mass is 79.9. The van der Waals surface area contributed by atoms with E-state index in [1.165, 1.54) is 25.1 Å². The highest BCUT2D eigenvalue weighted by Gasteiger charge is 2.48. The number of benzene rings is 1. The highest BCUT2D eigenvalue weighted by molar-refractivity contribution is 9.10. The Morgan fingerprint density at radius 1 is 1.44 bits per heavy atom. The van der Waals surface area contributed by atoms with Gasteiger partial charge >= 0.3 is 11.9 Å². The minimum Gasteiger partial charge on any atom is -0.392 e. The van der Waals surface area contributed by atoms with Crippen molar-refractivity contribution in [3.63, 3.8) is 0 Å². The quantitative estimate of drug-likeness (QED) is 0.588. The Balaban J connectivity index is 2.55. The lowest BCUT2D eigenvalue weighted by Crippen LogP contribution is -2.28. The van der Waals surface area contributed by atoms with Crippen LogP contribution in [0, 0.1) is 5.82 Å². The van der Waals surface area contributed by atoms with Crippen molar-refractivity contribution in [2.24, 2.45) is 0 Å². The molecule has 84 valence electrons. The van der Waals surface area contributed by atoms with E-state index in [4.69, 9.17) is 0 Å². The fourth-order valence-corrected chi connectivity index (χ4v) is 2.10. The molecule has 1 heterocycles. The summed E-state index contributed by atoms with van der Waals surface area (Å²) in [4.78, 5) is 22.6. The van der Waals surface area contributed by atoms with Gasteiger partial charge in [0.1, 0.15) is 11.2 Å². The molecule has 1 aliphatic rings. The molecule has 0 bridgehead atoms. The molecule has 0 N–H and O–H groups in total. The Bertz CT molecular complexity index is 486. The smallest absolute Gasteiger partial charge is 0.324 e. The van der Waals surface area contributed by atoms with Gasteiger partial charge in [0, 0.05) is 10.0 Å². The van der Waals surface area contributed by atoms with Gasteiger partial charge in [0.15, 0.2) is 0 Å². The molecule has 1 saturated heterocycles. The zero-order valence-electron chi connectivity index (χ0n) is 8.42. The molecule has 0 radical (unpaired) electrons. The molecule has 1 unspecified atom stereocenters. The van der Waals surface area contributed by atoms with E-state index in [0.717, 1.165) is 0 Å². The Morgan fingerprint density at radius 2 is 2.12 bits per heavy atom. The van der Waals surface area contributed by atoms with Gasteiger partial charge in [-0.2, -0.15) is 0 Å². The molecule has 16 heavy (non-hydrogen) atoms. The standard InChI is InChI=1S/C11H8BrFO3/c1-11(5-9(14)16-10(11)15)7-4-6(12)2-3-8(7)13/h2-4H,5H2,1H3. The second-order valence-corrected chi connectivity index (χ2v) is 4.81. The van der Waals surface area contributed by atoms with E-state index in [1.807, 2.05) is 0 Å². The van der Waals surface area contributed by atoms with Crippen LogP contribution in [0.15, 0.2) is 22.7 Å². The molecule has 0 aliphatic carbocycles. The SMILES string of the molecule is CC1(c2cc(Br)ccc2F)CC(=O)OC1=O. The Morgan fingerprint density at radius 3 is 2.69 bits per heavy atom. The molecule has 3 nitrogen and oxygen atoms in total. The number of esters is 2. The summed E-state index contributed by atoms with van der Waals surface area (Å²) in [6, 6.07) is 4.28. The van der Waals surface area contributed by atoms with Crippen molar-refractivity contribution in [2.75, 3.05) is 0 Å². The zero-order valence-corrected chi connectivity index (χ0v) is 10.0. The predicted octanol–water partition coefficient (Wildman–Crippen LogP) is 2.32. The summed E-state index contributed by atoms with van der Waals surface area (Å²) >= 11 is 3.20. The predicted molar refractivity (Wildman–Crippen MR) is 57.2 cm³/mol. The van der Waals surface area contributed by atoms with E-state index < -0.39 is 23.2 Å². The lowest BCUT2D eigenvalue weighted by Gasteiger charge is -2.19. The fraction of sp³-hybridized carbons (Fsp3) is 0.273. The molecule has 2 rings (SSSR count). The van der Waals surface area contributed by atoms with Crippen molar-refractivity contribution >= 4 is 27.9 Å². The van der Waals surface area contributed by atoms with Crippen molar-refractivity contribution in [3.8, 4) is 0 Å². The van der Waals surface area contributed by atoms with Gasteiger partial charge < -0.3 is 4.74 Å². The van der Waals surface area contributed by atoms with Gasteiger partial charge in [0.25, 0.3) is 0 Å². The maximum absolute atomic E-state index is 13.6. The summed E-state index contributed by atoms with van der Waals surface area (Å²) in [5.41, 5.74) is -1.04. The Kier molecular flexibility index (Phi) is 2.58. The van der Waals surface area contributed by atoms with E-state index in [9.17, 15) is 14.0 Å². The van der Waals surface area contributed by atoms with Crippen LogP contribution in [0.1, 0.15) is 18.9 Å². The molecular formula is C11H8BrFO3. The third kappa shape index (κ3) is 1.65. The molecule has 1 fully saturated rings. The summed E-state index contributed by atoms with van der Waals surface area (Å²) in [5, 5.41) is 0. The minimum absolute atomic E-state index is 0.126. The van der Waals surface area contributed by atoms with Crippen LogP contribution in [0.3, 0.4) is 0 Å². The number of rotatable bonds is 1. The minimum atomic E-state index is -1.22. The second-order valence-electron chi connectivity index (χ2n) is 3.89. The normalized spacial score (nSPS) is 24.7. The van der Waals surface area contributed by atoms with Crippen molar-refractivity contribution in [2.45, 2.75) is 18.8 Å². The summed E-state index contributed by atoms with van der Waals surface area (Å²) in [6.07, 6.45) is -0.126. The number of cyclic esters (lactones) is 2. The first kappa shape index (κ1) is 11.3. The summed E-state index contributed by atoms with van der Waals surface area (Å²) < 4.78 is 18.7. The van der Waals surface area contributed by atoms with Crippen molar-refractivity contribution in [3.05, 3.63) is 34.1 Å². The number of hydrogen-bond acceptors (Lipinski definition) is 3. The molecule has 1 atom stereocenters. The van der Waals surface area contributed by atoms with E-state index in [2.05, 4.69) is 20.7 Å². The Labute approximate surface area is 99.7 Å². The average Bonchev–Trinajstić information content (AvgIpc) is 2.46. The van der Waals surface area contributed by atoms with Gasteiger partial charge in [-0.25, -0.2) is 4.39 Å². The van der Waals surface area contributed by atoms with Gasteiger partial charge in [-0.1, -0.05) is 15.9 Å². The van der Waals surface area contributed by atoms with E-state index in [0.29, 0.717) is 4.47 Å². The Hall–Kier alpha value is -1.23. The van der Waals surface area contributed by atoms with Crippen LogP contribution < -0.4 is 0 Å². The van der Waals surface area contributed by atoms with Crippen LogP contribution in [-0.4, -0.2) is 11.9 Å². The molecule has 0 spiro atoms. The first-order valence-electron chi connectivity index (χ1n) is 4.64. The third-order valence-electron chi connectivity index (χ3n) is 2.68. The van der Waals surface area contributed by atoms with Crippen LogP contribution in [0.25, 0.3) is 0 Å². The molecule has 0 saturated carbocycles. The van der Waals surface area contributed by atoms with Crippen LogP contribution in [0.4, 0.5) is 4.39 Å².